The minimum atomic E-state index is -1.26. The van der Waals surface area contributed by atoms with Gasteiger partial charge in [-0.25, -0.2) is 0 Å². The highest BCUT2D eigenvalue weighted by Crippen LogP contribution is 2.31. The fraction of sp³-hybridized carbons (Fsp3) is 0. The van der Waals surface area contributed by atoms with E-state index in [1.54, 1.807) is 36.4 Å². The molecule has 0 aliphatic heterocycles. The summed E-state index contributed by atoms with van der Waals surface area (Å²) in [5.74, 6) is -0.726. The molecule has 0 atom stereocenters. The first-order valence-electron chi connectivity index (χ1n) is 7.52. The highest BCUT2D eigenvalue weighted by Gasteiger charge is 2.06. The lowest BCUT2D eigenvalue weighted by atomic mass is 10.0. The van der Waals surface area contributed by atoms with Crippen LogP contribution in [0.5, 0.6) is 0 Å². The third-order valence-electron chi connectivity index (χ3n) is 3.47. The largest absolute Gasteiger partial charge is 0.545 e. The molecule has 0 fully saturated rings. The third-order valence-corrected chi connectivity index (χ3v) is 4.65. The molecule has 1 heterocycles. The van der Waals surface area contributed by atoms with Crippen molar-refractivity contribution in [2.24, 2.45) is 0 Å². The molecule has 2 aromatic carbocycles. The second kappa shape index (κ2) is 7.96. The van der Waals surface area contributed by atoms with Crippen LogP contribution >= 0.6 is 23.4 Å². The number of allylic oxidation sites excluding steroid dienone is 1. The molecule has 0 aliphatic rings. The number of hydrogen-bond donors (Lipinski definition) is 0. The summed E-state index contributed by atoms with van der Waals surface area (Å²) >= 11 is 7.31. The molecule has 0 spiro atoms. The van der Waals surface area contributed by atoms with E-state index in [1.807, 2.05) is 18.2 Å². The maximum absolute atomic E-state index is 10.8. The Morgan fingerprint density at radius 3 is 2.31 bits per heavy atom. The molecule has 6 heteroatoms. The SMILES string of the molecule is N#C/C(=C/c1ccc(Sc2ccc(Cl)cc2)o1)c1ccc(C(=O)[O-])cc1. The Bertz CT molecular complexity index is 999. The number of furan rings is 1. The molecule has 128 valence electrons. The van der Waals surface area contributed by atoms with Gasteiger partial charge in [-0.05, 0) is 53.6 Å². The molecule has 0 aliphatic carbocycles. The molecule has 0 amide bonds. The summed E-state index contributed by atoms with van der Waals surface area (Å²) in [5, 5.41) is 21.5. The van der Waals surface area contributed by atoms with Gasteiger partial charge in [0.25, 0.3) is 0 Å². The fourth-order valence-corrected chi connectivity index (χ4v) is 3.10. The van der Waals surface area contributed by atoms with E-state index in [4.69, 9.17) is 16.0 Å². The second-order valence-electron chi connectivity index (χ2n) is 5.25. The zero-order valence-corrected chi connectivity index (χ0v) is 14.9. The maximum Gasteiger partial charge on any atom is 0.165 e. The van der Waals surface area contributed by atoms with Gasteiger partial charge in [0, 0.05) is 9.92 Å². The van der Waals surface area contributed by atoms with Crippen molar-refractivity contribution in [2.75, 3.05) is 0 Å². The van der Waals surface area contributed by atoms with E-state index < -0.39 is 5.97 Å². The number of carboxylic acids is 1. The summed E-state index contributed by atoms with van der Waals surface area (Å²) in [6, 6.07) is 19.0. The van der Waals surface area contributed by atoms with Gasteiger partial charge in [-0.15, -0.1) is 0 Å². The standard InChI is InChI=1S/C20H12ClNO3S/c21-16-5-8-18(9-6-16)26-19-10-7-17(25-19)11-15(12-22)13-1-3-14(4-2-13)20(23)24/h1-11H,(H,23,24)/p-1/b15-11-. The molecule has 0 saturated heterocycles. The van der Waals surface area contributed by atoms with Crippen LogP contribution in [0.15, 0.2) is 75.1 Å². The highest BCUT2D eigenvalue weighted by molar-refractivity contribution is 7.99. The number of nitrogens with zero attached hydrogens (tertiary/aromatic N) is 1. The lowest BCUT2D eigenvalue weighted by molar-refractivity contribution is -0.255. The monoisotopic (exact) mass is 380 g/mol. The summed E-state index contributed by atoms with van der Waals surface area (Å²) in [6.45, 7) is 0. The van der Waals surface area contributed by atoms with Crippen LogP contribution in [0.4, 0.5) is 0 Å². The second-order valence-corrected chi connectivity index (χ2v) is 6.76. The molecule has 3 aromatic rings. The first-order valence-corrected chi connectivity index (χ1v) is 8.71. The van der Waals surface area contributed by atoms with Crippen molar-refractivity contribution in [2.45, 2.75) is 9.99 Å². The molecule has 26 heavy (non-hydrogen) atoms. The van der Waals surface area contributed by atoms with Crippen molar-refractivity contribution in [3.63, 3.8) is 0 Å². The normalized spacial score (nSPS) is 11.2. The lowest BCUT2D eigenvalue weighted by Crippen LogP contribution is -2.21. The van der Waals surface area contributed by atoms with E-state index >= 15 is 0 Å². The van der Waals surface area contributed by atoms with Crippen molar-refractivity contribution in [1.82, 2.24) is 0 Å². The van der Waals surface area contributed by atoms with Crippen LogP contribution in [0.3, 0.4) is 0 Å². The number of carboxylic acid groups (broad SMARTS) is 1. The number of hydrogen-bond acceptors (Lipinski definition) is 5. The lowest BCUT2D eigenvalue weighted by Gasteiger charge is -2.03. The van der Waals surface area contributed by atoms with Gasteiger partial charge in [0.1, 0.15) is 5.76 Å². The first-order chi connectivity index (χ1) is 12.5. The van der Waals surface area contributed by atoms with E-state index in [9.17, 15) is 15.2 Å². The summed E-state index contributed by atoms with van der Waals surface area (Å²) < 4.78 is 5.73. The minimum Gasteiger partial charge on any atom is -0.545 e. The molecule has 3 rings (SSSR count). The fourth-order valence-electron chi connectivity index (χ4n) is 2.19. The number of carbonyl (C=O) groups excluding carboxylic acids is 1. The van der Waals surface area contributed by atoms with Crippen molar-refractivity contribution < 1.29 is 14.3 Å². The minimum absolute atomic E-state index is 0.0608. The Labute approximate surface area is 159 Å². The van der Waals surface area contributed by atoms with Crippen molar-refractivity contribution in [3.8, 4) is 6.07 Å². The number of halogens is 1. The van der Waals surface area contributed by atoms with Crippen LogP contribution in [-0.2, 0) is 0 Å². The molecule has 4 nitrogen and oxygen atoms in total. The molecule has 0 radical (unpaired) electrons. The Hall–Kier alpha value is -2.94. The van der Waals surface area contributed by atoms with Gasteiger partial charge in [0.05, 0.1) is 17.6 Å². The number of rotatable bonds is 5. The van der Waals surface area contributed by atoms with Crippen molar-refractivity contribution >= 4 is 41.0 Å². The van der Waals surface area contributed by atoms with Gasteiger partial charge in [-0.3, -0.25) is 0 Å². The zero-order chi connectivity index (χ0) is 18.5. The third kappa shape index (κ3) is 4.37. The van der Waals surface area contributed by atoms with Crippen molar-refractivity contribution in [3.05, 3.63) is 82.6 Å². The quantitative estimate of drug-likeness (QED) is 0.608. The highest BCUT2D eigenvalue weighted by atomic mass is 35.5. The van der Waals surface area contributed by atoms with Crippen LogP contribution in [-0.4, -0.2) is 5.97 Å². The Balaban J connectivity index is 1.79. The average molecular weight is 381 g/mol. The smallest absolute Gasteiger partial charge is 0.165 e. The zero-order valence-electron chi connectivity index (χ0n) is 13.3. The van der Waals surface area contributed by atoms with E-state index in [0.29, 0.717) is 27.0 Å². The summed E-state index contributed by atoms with van der Waals surface area (Å²) in [6.07, 6.45) is 1.61. The van der Waals surface area contributed by atoms with Crippen LogP contribution < -0.4 is 5.11 Å². The van der Waals surface area contributed by atoms with Crippen LogP contribution in [0.1, 0.15) is 21.7 Å². The number of benzene rings is 2. The molecular weight excluding hydrogens is 370 g/mol. The summed E-state index contributed by atoms with van der Waals surface area (Å²) in [5.41, 5.74) is 1.03. The van der Waals surface area contributed by atoms with Crippen LogP contribution in [0.25, 0.3) is 11.6 Å². The number of aromatic carboxylic acids is 1. The maximum atomic E-state index is 10.8. The predicted octanol–water partition coefficient (Wildman–Crippen LogP) is 4.51. The van der Waals surface area contributed by atoms with E-state index in [1.165, 1.54) is 23.9 Å². The Kier molecular flexibility index (Phi) is 5.47. The molecule has 0 N–H and O–H groups in total. The molecule has 0 saturated carbocycles. The van der Waals surface area contributed by atoms with E-state index in [-0.39, 0.29) is 5.56 Å². The van der Waals surface area contributed by atoms with Crippen molar-refractivity contribution in [1.29, 1.82) is 5.26 Å². The average Bonchev–Trinajstić information content (AvgIpc) is 3.09. The summed E-state index contributed by atoms with van der Waals surface area (Å²) in [7, 11) is 0. The number of carbonyl (C=O) groups is 1. The molecule has 0 unspecified atom stereocenters. The molecular formula is C20H11ClNO3S-. The van der Waals surface area contributed by atoms with Gasteiger partial charge in [0.2, 0.25) is 0 Å². The number of nitriles is 1. The van der Waals surface area contributed by atoms with Crippen LogP contribution in [0, 0.1) is 11.3 Å². The predicted molar refractivity (Wildman–Crippen MR) is 98.5 cm³/mol. The topological polar surface area (TPSA) is 77.1 Å². The van der Waals surface area contributed by atoms with E-state index in [2.05, 4.69) is 6.07 Å². The Morgan fingerprint density at radius 1 is 1.04 bits per heavy atom. The van der Waals surface area contributed by atoms with Gasteiger partial charge < -0.3 is 14.3 Å². The molecule has 1 aromatic heterocycles. The molecule has 0 bridgehead atoms. The Morgan fingerprint density at radius 2 is 1.69 bits per heavy atom. The van der Waals surface area contributed by atoms with Gasteiger partial charge in [-0.1, -0.05) is 47.6 Å². The van der Waals surface area contributed by atoms with Gasteiger partial charge in [0.15, 0.2) is 5.09 Å². The van der Waals surface area contributed by atoms with Gasteiger partial charge in [-0.2, -0.15) is 5.26 Å². The summed E-state index contributed by atoms with van der Waals surface area (Å²) in [4.78, 5) is 11.8. The van der Waals surface area contributed by atoms with Crippen LogP contribution in [0.2, 0.25) is 5.02 Å². The van der Waals surface area contributed by atoms with Gasteiger partial charge >= 0.3 is 0 Å². The first kappa shape index (κ1) is 17.9. The van der Waals surface area contributed by atoms with E-state index in [0.717, 1.165) is 4.90 Å².